The molecule has 4 saturated heterocycles. The van der Waals surface area contributed by atoms with Crippen molar-refractivity contribution in [2.24, 2.45) is 14.1 Å². The summed E-state index contributed by atoms with van der Waals surface area (Å²) in [7, 11) is 10.1. The van der Waals surface area contributed by atoms with Crippen molar-refractivity contribution in [3.8, 4) is 67.8 Å². The molecule has 4 fully saturated rings. The van der Waals surface area contributed by atoms with E-state index in [1.54, 1.807) is 152 Å². The number of urea groups is 4. The second-order valence-corrected chi connectivity index (χ2v) is 35.1. The highest BCUT2D eigenvalue weighted by molar-refractivity contribution is 6.12. The molecule has 0 radical (unpaired) electrons. The number of benzene rings is 8. The van der Waals surface area contributed by atoms with Crippen LogP contribution in [0.15, 0.2) is 256 Å². The number of nitrogens with one attached hydrogen (secondary N) is 9. The maximum absolute atomic E-state index is 13.2. The lowest BCUT2D eigenvalue weighted by Gasteiger charge is -2.31. The SMILES string of the molecule is COc1ccc2c(c1)C(=O)N(C[C@]1(c3ccc(-c4ccc5ccn(C)c5n4)cc3)NC(=O)NC1=O)C2.COc1ccc2c(c1)C(=O)N(C[C@]1(c3ccc(-c4cnc(C)[nH]4)cc3)NC(=O)NC1=O)C2.COc1ccc2c(c1)C(=O)N(C[C@]1(c3ccc(-c4cnc5c(ccn5C)c4)cc3)NC(=O)NC1=O)C2.COc1ccc2c(c1)C(=O)N(C[C@]1(c3ccc(-c4cnc5ncccc5c4)cc3)NC(=O)NC1=O)C2. The molecule has 16 amide bonds. The van der Waals surface area contributed by atoms with E-state index in [-0.39, 0.29) is 49.8 Å². The van der Waals surface area contributed by atoms with Crippen molar-refractivity contribution < 1.29 is 76.5 Å². The molecule has 36 heteroatoms. The summed E-state index contributed by atoms with van der Waals surface area (Å²) in [4.78, 5) is 185. The third kappa shape index (κ3) is 16.2. The van der Waals surface area contributed by atoms with Crippen molar-refractivity contribution in [3.05, 3.63) is 328 Å². The Labute approximate surface area is 797 Å². The Kier molecular flexibility index (Phi) is 22.7. The van der Waals surface area contributed by atoms with Gasteiger partial charge in [0.05, 0.1) is 72.2 Å². The van der Waals surface area contributed by atoms with Crippen LogP contribution < -0.4 is 61.5 Å². The minimum absolute atomic E-state index is 0.00270. The molecule has 8 aromatic carbocycles. The van der Waals surface area contributed by atoms with Crippen molar-refractivity contribution in [1.29, 1.82) is 0 Å². The second-order valence-electron chi connectivity index (χ2n) is 35.1. The van der Waals surface area contributed by atoms with E-state index in [1.807, 2.05) is 176 Å². The number of nitrogens with zero attached hydrogens (tertiary/aromatic N) is 11. The lowest BCUT2D eigenvalue weighted by atomic mass is 9.88. The summed E-state index contributed by atoms with van der Waals surface area (Å²) in [6, 6.07) is 64.2. The Bertz CT molecular complexity index is 7710. The van der Waals surface area contributed by atoms with Crippen LogP contribution in [0.1, 0.15) is 91.8 Å². The first kappa shape index (κ1) is 89.6. The van der Waals surface area contributed by atoms with Gasteiger partial charge in [-0.15, -0.1) is 0 Å². The average Bonchev–Trinajstić information content (AvgIpc) is 1.60. The van der Waals surface area contributed by atoms with Crippen LogP contribution in [0, 0.1) is 6.92 Å². The molecule has 140 heavy (non-hydrogen) atoms. The van der Waals surface area contributed by atoms with Crippen molar-refractivity contribution in [2.45, 2.75) is 55.3 Å². The average molecular weight is 1870 g/mol. The van der Waals surface area contributed by atoms with Crippen LogP contribution in [0.3, 0.4) is 0 Å². The molecule has 15 heterocycles. The number of hydrogen-bond acceptors (Lipinski definition) is 21. The van der Waals surface area contributed by atoms with Crippen LogP contribution >= 0.6 is 0 Å². The van der Waals surface area contributed by atoms with Gasteiger partial charge < -0.3 is 73.9 Å². The van der Waals surface area contributed by atoms with E-state index in [2.05, 4.69) is 73.5 Å². The minimum Gasteiger partial charge on any atom is -0.497 e. The Hall–Kier alpha value is -18.3. The highest BCUT2D eigenvalue weighted by atomic mass is 16.5. The van der Waals surface area contributed by atoms with Crippen LogP contribution in [0.25, 0.3) is 77.9 Å². The molecular weight excluding hydrogens is 1790 g/mol. The highest BCUT2D eigenvalue weighted by Crippen LogP contribution is 2.41. The number of rotatable bonds is 20. The molecule has 8 aliphatic rings. The van der Waals surface area contributed by atoms with Crippen LogP contribution in [-0.2, 0) is 81.6 Å². The Balaban J connectivity index is 0.000000115. The number of carbonyl (C=O) groups is 12. The number of aromatic nitrogens is 8. The van der Waals surface area contributed by atoms with Gasteiger partial charge in [0.15, 0.2) is 27.8 Å². The largest absolute Gasteiger partial charge is 0.497 e. The number of amides is 16. The van der Waals surface area contributed by atoms with E-state index in [9.17, 15) is 57.5 Å². The van der Waals surface area contributed by atoms with E-state index in [1.165, 1.54) is 0 Å². The Morgan fingerprint density at radius 1 is 0.329 bits per heavy atom. The van der Waals surface area contributed by atoms with E-state index in [0.717, 1.165) is 100 Å². The molecular formula is C104H88N20O16. The molecule has 0 spiro atoms. The molecule has 8 aliphatic heterocycles. The third-order valence-corrected chi connectivity index (χ3v) is 26.6. The molecule has 0 bridgehead atoms. The molecule has 23 rings (SSSR count). The topological polar surface area (TPSA) is 441 Å². The Morgan fingerprint density at radius 3 is 1.04 bits per heavy atom. The summed E-state index contributed by atoms with van der Waals surface area (Å²) < 4.78 is 24.9. The standard InChI is InChI=1S/2C27H23N5O4.C27H21N5O4.C23H21N5O4/c1-31-12-11-17-6-10-22(28-23(17)31)16-3-7-19(8-4-16)27(25(34)29-26(35)30-27)15-32-14-18-5-9-20(36-2)13-21(18)24(32)33;1-31-10-9-17-11-19(13-28-23(17)31)16-3-6-20(7-4-16)27(25(34)29-26(35)30-27)15-32-14-18-5-8-21(36-2)12-22(18)24(32)33;1-36-21-9-6-18-14-32(24(33)22(18)12-21)15-27(25(34)30-26(35)31-27)20-7-4-16(5-8-20)19-11-17-3-2-10-28-23(17)29-13-19;1-13-24-10-19(25-13)14-3-6-16(7-4-14)23(21(30)26-22(31)27-23)12-28-11-15-5-8-17(32-2)9-18(15)20(28)29/h2*3-13H,14-15H2,1-2H3,(H2,29,30,34,35);2-13H,14-15H2,1H3,(H2,30,31,34,35);3-10H,11-12H2,1-2H3,(H,24,25)(H2,26,27,30,31)/t3*27-;23-/m1111/s1. The number of methoxy groups -OCH3 is 4. The molecule has 36 nitrogen and oxygen atoms in total. The number of hydrogen-bond donors (Lipinski definition) is 9. The first-order valence-corrected chi connectivity index (χ1v) is 44.5. The maximum Gasteiger partial charge on any atom is 0.322 e. The zero-order valence-electron chi connectivity index (χ0n) is 76.4. The van der Waals surface area contributed by atoms with Crippen molar-refractivity contribution >= 4 is 104 Å². The summed E-state index contributed by atoms with van der Waals surface area (Å²) in [6.07, 6.45) is 10.9. The van der Waals surface area contributed by atoms with E-state index in [4.69, 9.17) is 23.9 Å². The maximum atomic E-state index is 13.2. The predicted molar refractivity (Wildman–Crippen MR) is 510 cm³/mol. The third-order valence-electron chi connectivity index (χ3n) is 26.6. The van der Waals surface area contributed by atoms with Gasteiger partial charge in [-0.05, 0) is 165 Å². The molecule has 9 N–H and O–H groups in total. The molecule has 700 valence electrons. The minimum atomic E-state index is -1.41. The first-order chi connectivity index (χ1) is 67.6. The smallest absolute Gasteiger partial charge is 0.322 e. The van der Waals surface area contributed by atoms with Gasteiger partial charge in [0.1, 0.15) is 40.1 Å². The lowest BCUT2D eigenvalue weighted by molar-refractivity contribution is -0.125. The Morgan fingerprint density at radius 2 is 0.679 bits per heavy atom. The number of H-pyrrole nitrogens is 1. The number of aromatic amines is 1. The first-order valence-electron chi connectivity index (χ1n) is 44.5. The summed E-state index contributed by atoms with van der Waals surface area (Å²) in [5, 5.41) is 23.4. The number of carbonyl (C=O) groups excluding carboxylic acids is 12. The molecule has 0 aliphatic carbocycles. The number of ether oxygens (including phenoxy) is 4. The fourth-order valence-electron chi connectivity index (χ4n) is 19.2. The molecule has 15 aromatic rings. The van der Waals surface area contributed by atoms with Crippen LogP contribution in [0.2, 0.25) is 0 Å². The van der Waals surface area contributed by atoms with Gasteiger partial charge in [-0.3, -0.25) is 59.6 Å². The van der Waals surface area contributed by atoms with Crippen molar-refractivity contribution in [3.63, 3.8) is 0 Å². The number of fused-ring (bicyclic) bond motifs is 7. The van der Waals surface area contributed by atoms with E-state index < -0.39 is 69.9 Å². The molecule has 0 saturated carbocycles. The zero-order chi connectivity index (χ0) is 97.4. The normalized spacial score (nSPS) is 19.1. The summed E-state index contributed by atoms with van der Waals surface area (Å²) >= 11 is 0. The van der Waals surface area contributed by atoms with Gasteiger partial charge in [0.2, 0.25) is 0 Å². The fourth-order valence-corrected chi connectivity index (χ4v) is 19.2. The van der Waals surface area contributed by atoms with Crippen molar-refractivity contribution in [1.82, 2.24) is 101 Å². The van der Waals surface area contributed by atoms with Crippen molar-refractivity contribution in [2.75, 3.05) is 54.6 Å². The van der Waals surface area contributed by atoms with Crippen LogP contribution in [0.4, 0.5) is 19.2 Å². The predicted octanol–water partition coefficient (Wildman–Crippen LogP) is 11.0. The monoisotopic (exact) mass is 1870 g/mol. The van der Waals surface area contributed by atoms with Gasteiger partial charge in [0, 0.05) is 126 Å². The van der Waals surface area contributed by atoms with Gasteiger partial charge in [0.25, 0.3) is 47.3 Å². The summed E-state index contributed by atoms with van der Waals surface area (Å²) in [5.41, 5.74) is 11.7. The zero-order valence-corrected chi connectivity index (χ0v) is 76.4. The number of imidazole rings is 1. The number of imide groups is 4. The molecule has 4 atom stereocenters. The highest BCUT2D eigenvalue weighted by Gasteiger charge is 2.55. The molecule has 7 aromatic heterocycles. The van der Waals surface area contributed by atoms with Gasteiger partial charge >= 0.3 is 24.1 Å². The number of pyridine rings is 4. The summed E-state index contributed by atoms with van der Waals surface area (Å²) in [5.74, 6) is 0.309. The van der Waals surface area contributed by atoms with Gasteiger partial charge in [-0.2, -0.15) is 0 Å². The lowest BCUT2D eigenvalue weighted by Crippen LogP contribution is -2.52. The van der Waals surface area contributed by atoms with E-state index >= 15 is 0 Å². The van der Waals surface area contributed by atoms with Crippen LogP contribution in [0.5, 0.6) is 23.0 Å². The van der Waals surface area contributed by atoms with E-state index in [0.29, 0.717) is 99.3 Å². The summed E-state index contributed by atoms with van der Waals surface area (Å²) in [6.45, 7) is 3.19. The molecule has 0 unspecified atom stereocenters. The quantitative estimate of drug-likeness (QED) is 0.0320. The van der Waals surface area contributed by atoms with Crippen LogP contribution in [-0.4, -0.2) is 185 Å². The number of aryl methyl sites for hydroxylation is 3. The van der Waals surface area contributed by atoms with Gasteiger partial charge in [-0.1, -0.05) is 121 Å². The second kappa shape index (κ2) is 35.5. The van der Waals surface area contributed by atoms with Gasteiger partial charge in [-0.25, -0.2) is 44.1 Å². The fraction of sp³-hybridized carbons (Fsp3) is 0.183.